The van der Waals surface area contributed by atoms with E-state index in [1.54, 1.807) is 68.6 Å². The Hall–Kier alpha value is -14.2. The number of unbranched alkanes of at least 4 members (excludes halogenated alkanes) is 1. The second-order valence-corrected chi connectivity index (χ2v) is 35.2. The average molecular weight is 1970 g/mol. The molecule has 139 heavy (non-hydrogen) atoms. The molecule has 17 atom stereocenters. The second kappa shape index (κ2) is 59.7. The molecule has 50 heteroatoms. The topological polar surface area (TPSA) is 817 Å². The Kier molecular flexibility index (Phi) is 50.4. The smallest absolute Gasteiger partial charge is 0.326 e. The molecule has 766 valence electrons. The lowest BCUT2D eigenvalue weighted by Gasteiger charge is -2.31. The maximum Gasteiger partial charge on any atom is 0.326 e. The zero-order valence-corrected chi connectivity index (χ0v) is 79.1. The number of hydrogen-bond acceptors (Lipinski definition) is 27. The highest BCUT2D eigenvalue weighted by molar-refractivity contribution is 7.98. The first-order chi connectivity index (χ1) is 65.5. The van der Waals surface area contributed by atoms with E-state index in [0.717, 1.165) is 11.8 Å². The lowest BCUT2D eigenvalue weighted by molar-refractivity contribution is -0.143. The van der Waals surface area contributed by atoms with Crippen molar-refractivity contribution in [2.45, 2.75) is 266 Å². The first-order valence-electron chi connectivity index (χ1n) is 45.1. The summed E-state index contributed by atoms with van der Waals surface area (Å²) in [6.07, 6.45) is -6.14. The number of nitrogens with zero attached hydrogens (tertiary/aromatic N) is 1. The number of aliphatic hydroxyl groups is 1. The number of benzene rings is 3. The summed E-state index contributed by atoms with van der Waals surface area (Å²) in [5.74, 6) is -26.7. The minimum absolute atomic E-state index is 0.0179. The van der Waals surface area contributed by atoms with Gasteiger partial charge in [0.05, 0.1) is 31.4 Å². The SMILES string of the molecule is CSCC[C@H](NC(=O)[C@H](CCC(N)=O)NC(=O)[C@H](CC(N)=O)NC(=O)[C@@H](NC(=O)[C@H](CC(=O)O)NC(=O)[C@@H](NC(=O)[C@H](Cc1ccccc1)NC(=O)[C@H](Cc1ccccc1)NC(=O)[C@H](CCC(=O)O)NC(=O)[C@@H]1CCCN1C(=O)[C@H](CC(C)C)NC(=O)[C@H](C)NC(=O)[C@H](CC(=O)O)NC(=O)[C@H](CCCCN)NC(=O)[C@@H](N)CCCNC(=N)N)[C@@H](C)O)C(C)C)C(=O)N[C@@H](Cc1ccc(O)cc1)C(=O)O. The van der Waals surface area contributed by atoms with Crippen LogP contribution in [-0.2, 0) is 120 Å². The zero-order chi connectivity index (χ0) is 104. The van der Waals surface area contributed by atoms with E-state index in [-0.39, 0.29) is 94.4 Å². The van der Waals surface area contributed by atoms with E-state index in [9.17, 15) is 127 Å². The van der Waals surface area contributed by atoms with Gasteiger partial charge >= 0.3 is 23.9 Å². The van der Waals surface area contributed by atoms with E-state index in [4.69, 9.17) is 34.1 Å². The van der Waals surface area contributed by atoms with Gasteiger partial charge < -0.3 is 144 Å². The van der Waals surface area contributed by atoms with Crippen molar-refractivity contribution in [2.75, 3.05) is 31.6 Å². The van der Waals surface area contributed by atoms with E-state index < -0.39 is 284 Å². The van der Waals surface area contributed by atoms with Crippen molar-refractivity contribution in [3.05, 3.63) is 102 Å². The number of nitrogens with two attached hydrogens (primary N) is 5. The molecule has 0 aromatic heterocycles. The molecule has 0 spiro atoms. The van der Waals surface area contributed by atoms with Crippen LogP contribution in [0, 0.1) is 17.2 Å². The van der Waals surface area contributed by atoms with E-state index >= 15 is 4.79 Å². The molecule has 0 bridgehead atoms. The van der Waals surface area contributed by atoms with Crippen LogP contribution >= 0.6 is 11.8 Å². The lowest BCUT2D eigenvalue weighted by Crippen LogP contribution is -2.63. The summed E-state index contributed by atoms with van der Waals surface area (Å²) in [6.45, 7) is 8.66. The lowest BCUT2D eigenvalue weighted by atomic mass is 10.0. The Labute approximate surface area is 805 Å². The molecule has 3 aromatic carbocycles. The minimum Gasteiger partial charge on any atom is -0.508 e. The molecule has 4 rings (SSSR count). The molecule has 0 radical (unpaired) electrons. The number of phenols is 1. The van der Waals surface area contributed by atoms with E-state index in [0.29, 0.717) is 36.0 Å². The number of nitrogens with one attached hydrogen (secondary N) is 16. The van der Waals surface area contributed by atoms with Gasteiger partial charge in [-0.3, -0.25) is 101 Å². The number of phenolic OH excluding ortho intramolecular Hbond substituents is 1. The molecule has 49 nitrogen and oxygen atoms in total. The van der Waals surface area contributed by atoms with Crippen LogP contribution in [0.15, 0.2) is 84.9 Å². The maximum atomic E-state index is 15.1. The predicted octanol–water partition coefficient (Wildman–Crippen LogP) is -6.19. The van der Waals surface area contributed by atoms with Crippen molar-refractivity contribution in [3.8, 4) is 5.75 Å². The van der Waals surface area contributed by atoms with Gasteiger partial charge in [0.1, 0.15) is 96.4 Å². The van der Waals surface area contributed by atoms with Gasteiger partial charge in [-0.05, 0) is 144 Å². The van der Waals surface area contributed by atoms with Gasteiger partial charge in [0.2, 0.25) is 100 Å². The number of carbonyl (C=O) groups excluding carboxylic acids is 17. The third-order valence-corrected chi connectivity index (χ3v) is 22.5. The quantitative estimate of drug-likeness (QED) is 0.0142. The van der Waals surface area contributed by atoms with Crippen molar-refractivity contribution >= 4 is 142 Å². The van der Waals surface area contributed by atoms with Crippen LogP contribution in [-0.4, -0.2) is 300 Å². The Bertz CT molecular complexity index is 4750. The molecule has 3 aromatic rings. The Morgan fingerprint density at radius 2 is 0.849 bits per heavy atom. The highest BCUT2D eigenvalue weighted by atomic mass is 32.2. The molecule has 0 unspecified atom stereocenters. The molecule has 1 aliphatic heterocycles. The number of aliphatic hydroxyl groups excluding tert-OH is 1. The summed E-state index contributed by atoms with van der Waals surface area (Å²) < 4.78 is 0. The fourth-order valence-corrected chi connectivity index (χ4v) is 14.9. The Balaban J connectivity index is 1.59. The van der Waals surface area contributed by atoms with Gasteiger partial charge in [0.25, 0.3) is 0 Å². The molecule has 1 saturated heterocycles. The van der Waals surface area contributed by atoms with Crippen molar-refractivity contribution in [2.24, 2.45) is 40.5 Å². The number of hydrogen-bond donors (Lipinski definition) is 27. The standard InChI is InChI=1S/C89H132N22O27S/c1-45(2)38-63(107-73(122)47(5)97-79(128)61(43-69(118)119)104-75(124)54(23-14-15-34-90)98-74(123)53(91)22-16-35-96-89(94)95)87(136)111-36-17-24-65(111)84(133)101-56(30-32-68(116)117)77(126)102-58(39-49-18-10-8-11-19-49)80(129)103-59(40-50-20-12-9-13-21-50)82(131)110-72(48(6)112)86(135)106-62(44-70(120)121)83(132)109-71(46(3)4)85(134)105-60(42-67(93)115)81(130)99-55(29-31-66(92)114)76(125)100-57(33-37-139-7)78(127)108-64(88(137)138)41-51-25-27-52(113)28-26-51/h8-13,18-21,25-28,45-48,53-65,71-72,112-113H,14-17,22-24,29-44,90-91H2,1-7H3,(H2,92,114)(H2,93,115)(H,97,128)(H,98,123)(H,99,130)(H,100,125)(H,101,133)(H,102,126)(H,103,129)(H,104,124)(H,105,134)(H,106,135)(H,107,122)(H,108,127)(H,109,132)(H,110,131)(H,116,117)(H,118,119)(H,120,121)(H,137,138)(H4,94,95,96)/t47-,48+,53-,54-,55-,56-,57-,58-,59-,60-,61-,62-,63-,64-,65-,71-,72-/m0/s1. The molecular formula is C89H132N22O27S. The van der Waals surface area contributed by atoms with E-state index in [1.165, 1.54) is 68.9 Å². The maximum absolute atomic E-state index is 15.1. The van der Waals surface area contributed by atoms with Crippen LogP contribution in [0.4, 0.5) is 0 Å². The number of likely N-dealkylation sites (tertiary alicyclic amines) is 1. The Morgan fingerprint density at radius 1 is 0.432 bits per heavy atom. The third-order valence-electron chi connectivity index (χ3n) is 21.9. The second-order valence-electron chi connectivity index (χ2n) is 34.2. The Morgan fingerprint density at radius 3 is 1.33 bits per heavy atom. The molecule has 1 fully saturated rings. The number of aromatic hydroxyl groups is 1. The number of thioether (sulfide) groups is 1. The van der Waals surface area contributed by atoms with Gasteiger partial charge in [0.15, 0.2) is 5.96 Å². The fourth-order valence-electron chi connectivity index (χ4n) is 14.4. The number of amides is 17. The number of primary amides is 2. The largest absolute Gasteiger partial charge is 0.508 e. The molecule has 17 amide bonds. The number of rotatable bonds is 63. The number of carboxylic acid groups (broad SMARTS) is 4. The van der Waals surface area contributed by atoms with Crippen LogP contribution in [0.25, 0.3) is 0 Å². The minimum atomic E-state index is -2.19. The average Bonchev–Trinajstić information content (AvgIpc) is 1.73. The molecule has 1 heterocycles. The van der Waals surface area contributed by atoms with Gasteiger partial charge in [0, 0.05) is 45.2 Å². The van der Waals surface area contributed by atoms with Crippen molar-refractivity contribution < 1.29 is 131 Å². The van der Waals surface area contributed by atoms with Crippen LogP contribution in [0.3, 0.4) is 0 Å². The van der Waals surface area contributed by atoms with Gasteiger partial charge in [-0.15, -0.1) is 0 Å². The van der Waals surface area contributed by atoms with E-state index in [2.05, 4.69) is 79.8 Å². The zero-order valence-electron chi connectivity index (χ0n) is 78.3. The predicted molar refractivity (Wildman–Crippen MR) is 500 cm³/mol. The molecule has 0 aliphatic carbocycles. The van der Waals surface area contributed by atoms with Crippen LogP contribution in [0.2, 0.25) is 0 Å². The number of aliphatic carboxylic acids is 4. The summed E-state index contributed by atoms with van der Waals surface area (Å²) in [5.41, 5.74) is 29.1. The van der Waals surface area contributed by atoms with Crippen molar-refractivity contribution in [3.63, 3.8) is 0 Å². The molecule has 32 N–H and O–H groups in total. The molecule has 1 aliphatic rings. The normalized spacial score (nSPS) is 15.7. The number of guanidine groups is 1. The van der Waals surface area contributed by atoms with Gasteiger partial charge in [-0.1, -0.05) is 100 Å². The highest BCUT2D eigenvalue weighted by Gasteiger charge is 2.44. The molecule has 0 saturated carbocycles. The summed E-state index contributed by atoms with van der Waals surface area (Å²) in [6, 6.07) is -5.83. The third kappa shape index (κ3) is 42.6. The van der Waals surface area contributed by atoms with Crippen LogP contribution in [0.5, 0.6) is 5.75 Å². The summed E-state index contributed by atoms with van der Waals surface area (Å²) >= 11 is 1.24. The summed E-state index contributed by atoms with van der Waals surface area (Å²) in [7, 11) is 0. The number of carbonyl (C=O) groups is 21. The van der Waals surface area contributed by atoms with Gasteiger partial charge in [-0.25, -0.2) is 4.79 Å². The highest BCUT2D eigenvalue weighted by Crippen LogP contribution is 2.23. The monoisotopic (exact) mass is 1970 g/mol. The molecular weight excluding hydrogens is 1840 g/mol. The van der Waals surface area contributed by atoms with Gasteiger partial charge in [-0.2, -0.15) is 11.8 Å². The first kappa shape index (κ1) is 117. The van der Waals surface area contributed by atoms with Crippen molar-refractivity contribution in [1.82, 2.24) is 84.7 Å². The first-order valence-corrected chi connectivity index (χ1v) is 46.5. The fraction of sp³-hybridized carbons (Fsp3) is 0.551. The summed E-state index contributed by atoms with van der Waals surface area (Å²) in [4.78, 5) is 290. The van der Waals surface area contributed by atoms with E-state index in [1.807, 2.05) is 0 Å². The number of carboxylic acids is 4. The van der Waals surface area contributed by atoms with Crippen LogP contribution in [0.1, 0.15) is 161 Å². The summed E-state index contributed by atoms with van der Waals surface area (Å²) in [5, 5.41) is 104. The van der Waals surface area contributed by atoms with Crippen molar-refractivity contribution in [1.29, 1.82) is 5.41 Å². The van der Waals surface area contributed by atoms with Crippen LogP contribution < -0.4 is 108 Å².